The molecule has 0 atom stereocenters. The van der Waals surface area contributed by atoms with E-state index in [0.29, 0.717) is 12.0 Å². The van der Waals surface area contributed by atoms with Gasteiger partial charge >= 0.3 is 0 Å². The van der Waals surface area contributed by atoms with Crippen LogP contribution in [0.2, 0.25) is 0 Å². The van der Waals surface area contributed by atoms with E-state index in [1.165, 1.54) is 0 Å². The van der Waals surface area contributed by atoms with Gasteiger partial charge in [0, 0.05) is 12.0 Å². The molecule has 0 aliphatic heterocycles. The summed E-state index contributed by atoms with van der Waals surface area (Å²) < 4.78 is 0. The van der Waals surface area contributed by atoms with Crippen LogP contribution in [0.5, 0.6) is 0 Å². The summed E-state index contributed by atoms with van der Waals surface area (Å²) in [5, 5.41) is 0. The predicted molar refractivity (Wildman–Crippen MR) is 32.5 cm³/mol. The van der Waals surface area contributed by atoms with Crippen molar-refractivity contribution in [3.63, 3.8) is 0 Å². The molecule has 1 nitrogen and oxygen atoms in total. The first-order chi connectivity index (χ1) is 3.72. The van der Waals surface area contributed by atoms with E-state index in [1.54, 1.807) is 0 Å². The molecule has 0 unspecified atom stereocenters. The number of ketones is 1. The van der Waals surface area contributed by atoms with Crippen molar-refractivity contribution in [1.82, 2.24) is 0 Å². The zero-order valence-corrected chi connectivity index (χ0v) is 4.90. The standard InChI is InChI=1S/C7H8O/c1-5-3-4-7(8)6(5)2/h3H,2,4H2,1H3. The number of hydrogen-bond acceptors (Lipinski definition) is 1. The lowest BCUT2D eigenvalue weighted by atomic mass is 10.2. The second-order valence-corrected chi connectivity index (χ2v) is 1.99. The van der Waals surface area contributed by atoms with Gasteiger partial charge in [-0.3, -0.25) is 4.79 Å². The molecule has 0 aromatic heterocycles. The topological polar surface area (TPSA) is 17.1 Å². The summed E-state index contributed by atoms with van der Waals surface area (Å²) in [5.74, 6) is 0.169. The van der Waals surface area contributed by atoms with Crippen molar-refractivity contribution in [3.8, 4) is 0 Å². The molecular weight excluding hydrogens is 100 g/mol. The highest BCUT2D eigenvalue weighted by molar-refractivity contribution is 6.02. The quantitative estimate of drug-likeness (QED) is 0.429. The van der Waals surface area contributed by atoms with Crippen molar-refractivity contribution < 1.29 is 4.79 Å². The van der Waals surface area contributed by atoms with E-state index in [-0.39, 0.29) is 5.78 Å². The second-order valence-electron chi connectivity index (χ2n) is 1.99. The normalized spacial score (nSPS) is 19.4. The van der Waals surface area contributed by atoms with Crippen LogP contribution >= 0.6 is 0 Å². The van der Waals surface area contributed by atoms with E-state index < -0.39 is 0 Å². The maximum absolute atomic E-state index is 10.6. The van der Waals surface area contributed by atoms with Crippen LogP contribution in [-0.4, -0.2) is 5.78 Å². The lowest BCUT2D eigenvalue weighted by Crippen LogP contribution is -1.91. The Morgan fingerprint density at radius 2 is 2.38 bits per heavy atom. The molecule has 42 valence electrons. The molecule has 0 fully saturated rings. The van der Waals surface area contributed by atoms with Gasteiger partial charge in [-0.2, -0.15) is 0 Å². The van der Waals surface area contributed by atoms with Crippen molar-refractivity contribution in [2.75, 3.05) is 0 Å². The Kier molecular flexibility index (Phi) is 1.05. The third-order valence-electron chi connectivity index (χ3n) is 1.41. The summed E-state index contributed by atoms with van der Waals surface area (Å²) in [4.78, 5) is 10.6. The van der Waals surface area contributed by atoms with Gasteiger partial charge in [0.15, 0.2) is 5.78 Å². The number of carbonyl (C=O) groups is 1. The summed E-state index contributed by atoms with van der Waals surface area (Å²) in [5.41, 5.74) is 1.72. The average Bonchev–Trinajstić information content (AvgIpc) is 1.98. The summed E-state index contributed by atoms with van der Waals surface area (Å²) in [6, 6.07) is 0. The third kappa shape index (κ3) is 0.601. The number of hydrogen-bond donors (Lipinski definition) is 0. The van der Waals surface area contributed by atoms with E-state index in [4.69, 9.17) is 0 Å². The van der Waals surface area contributed by atoms with Crippen molar-refractivity contribution in [1.29, 1.82) is 0 Å². The van der Waals surface area contributed by atoms with Gasteiger partial charge in [-0.15, -0.1) is 0 Å². The molecule has 0 heterocycles. The minimum atomic E-state index is 0.169. The molecular formula is C7H8O. The van der Waals surface area contributed by atoms with Crippen LogP contribution in [-0.2, 0) is 4.79 Å². The molecule has 0 radical (unpaired) electrons. The van der Waals surface area contributed by atoms with Gasteiger partial charge in [0.2, 0.25) is 0 Å². The summed E-state index contributed by atoms with van der Waals surface area (Å²) >= 11 is 0. The fourth-order valence-corrected chi connectivity index (χ4v) is 0.712. The Morgan fingerprint density at radius 1 is 1.75 bits per heavy atom. The zero-order valence-electron chi connectivity index (χ0n) is 4.90. The van der Waals surface area contributed by atoms with Gasteiger partial charge in [0.1, 0.15) is 0 Å². The Bertz CT molecular complexity index is 175. The van der Waals surface area contributed by atoms with Crippen molar-refractivity contribution in [2.45, 2.75) is 13.3 Å². The van der Waals surface area contributed by atoms with Crippen LogP contribution in [0.15, 0.2) is 23.8 Å². The highest BCUT2D eigenvalue weighted by Crippen LogP contribution is 2.17. The first-order valence-electron chi connectivity index (χ1n) is 2.61. The smallest absolute Gasteiger partial charge is 0.166 e. The number of rotatable bonds is 0. The molecule has 0 N–H and O–H groups in total. The highest BCUT2D eigenvalue weighted by Gasteiger charge is 2.12. The van der Waals surface area contributed by atoms with E-state index in [0.717, 1.165) is 5.57 Å². The minimum Gasteiger partial charge on any atom is -0.294 e. The lowest BCUT2D eigenvalue weighted by molar-refractivity contribution is -0.114. The van der Waals surface area contributed by atoms with Crippen LogP contribution in [0.25, 0.3) is 0 Å². The van der Waals surface area contributed by atoms with Crippen LogP contribution < -0.4 is 0 Å². The predicted octanol–water partition coefficient (Wildman–Crippen LogP) is 1.46. The molecule has 1 aliphatic rings. The van der Waals surface area contributed by atoms with Crippen LogP contribution in [0.3, 0.4) is 0 Å². The van der Waals surface area contributed by atoms with Gasteiger partial charge in [0.25, 0.3) is 0 Å². The molecule has 0 aromatic rings. The second kappa shape index (κ2) is 1.58. The molecule has 0 saturated heterocycles. The van der Waals surface area contributed by atoms with Gasteiger partial charge in [-0.05, 0) is 12.5 Å². The van der Waals surface area contributed by atoms with Crippen molar-refractivity contribution >= 4 is 5.78 Å². The van der Waals surface area contributed by atoms with Crippen LogP contribution in [0.1, 0.15) is 13.3 Å². The largest absolute Gasteiger partial charge is 0.294 e. The molecule has 0 saturated carbocycles. The monoisotopic (exact) mass is 108 g/mol. The Labute approximate surface area is 48.7 Å². The van der Waals surface area contributed by atoms with Gasteiger partial charge < -0.3 is 0 Å². The van der Waals surface area contributed by atoms with E-state index in [9.17, 15) is 4.79 Å². The molecule has 0 amide bonds. The molecule has 0 spiro atoms. The molecule has 0 bridgehead atoms. The fourth-order valence-electron chi connectivity index (χ4n) is 0.712. The SMILES string of the molecule is C=C1C(=O)CC=C1C. The van der Waals surface area contributed by atoms with Gasteiger partial charge in [0.05, 0.1) is 0 Å². The van der Waals surface area contributed by atoms with E-state index in [2.05, 4.69) is 6.58 Å². The Balaban J connectivity index is 2.89. The van der Waals surface area contributed by atoms with Crippen molar-refractivity contribution in [3.05, 3.63) is 23.8 Å². The van der Waals surface area contributed by atoms with Crippen LogP contribution in [0.4, 0.5) is 0 Å². The Morgan fingerprint density at radius 3 is 2.50 bits per heavy atom. The molecule has 1 aliphatic carbocycles. The average molecular weight is 108 g/mol. The first-order valence-corrected chi connectivity index (χ1v) is 2.61. The van der Waals surface area contributed by atoms with Gasteiger partial charge in [-0.25, -0.2) is 0 Å². The number of allylic oxidation sites excluding steroid dienone is 3. The third-order valence-corrected chi connectivity index (χ3v) is 1.41. The van der Waals surface area contributed by atoms with E-state index >= 15 is 0 Å². The number of carbonyl (C=O) groups excluding carboxylic acids is 1. The molecule has 1 rings (SSSR count). The molecule has 8 heavy (non-hydrogen) atoms. The van der Waals surface area contributed by atoms with Crippen molar-refractivity contribution in [2.24, 2.45) is 0 Å². The lowest BCUT2D eigenvalue weighted by Gasteiger charge is -1.88. The number of Topliss-reactive ketones (excluding diaryl/α,β-unsaturated/α-hetero) is 1. The summed E-state index contributed by atoms with van der Waals surface area (Å²) in [7, 11) is 0. The maximum atomic E-state index is 10.6. The zero-order chi connectivity index (χ0) is 6.15. The van der Waals surface area contributed by atoms with Gasteiger partial charge in [-0.1, -0.05) is 12.7 Å². The highest BCUT2D eigenvalue weighted by atomic mass is 16.1. The fraction of sp³-hybridized carbons (Fsp3) is 0.286. The summed E-state index contributed by atoms with van der Waals surface area (Å²) in [6.45, 7) is 5.51. The minimum absolute atomic E-state index is 0.169. The Hall–Kier alpha value is -0.850. The molecule has 1 heteroatoms. The van der Waals surface area contributed by atoms with E-state index in [1.807, 2.05) is 13.0 Å². The van der Waals surface area contributed by atoms with Crippen LogP contribution in [0, 0.1) is 0 Å². The maximum Gasteiger partial charge on any atom is 0.166 e. The first kappa shape index (κ1) is 5.29. The summed E-state index contributed by atoms with van der Waals surface area (Å²) in [6.07, 6.45) is 2.47. The molecule has 0 aromatic carbocycles.